The summed E-state index contributed by atoms with van der Waals surface area (Å²) in [6.07, 6.45) is 0. The van der Waals surface area contributed by atoms with E-state index in [4.69, 9.17) is 9.47 Å². The van der Waals surface area contributed by atoms with Crippen LogP contribution in [-0.4, -0.2) is 41.2 Å². The van der Waals surface area contributed by atoms with Crippen molar-refractivity contribution in [3.05, 3.63) is 59.7 Å². The number of carbonyl (C=O) groups excluding carboxylic acids is 1. The van der Waals surface area contributed by atoms with Gasteiger partial charge >= 0.3 is 0 Å². The number of rotatable bonds is 9. The summed E-state index contributed by atoms with van der Waals surface area (Å²) in [6, 6.07) is 12.8. The molecule has 27 heavy (non-hydrogen) atoms. The third-order valence-electron chi connectivity index (χ3n) is 3.79. The first-order chi connectivity index (χ1) is 12.9. The second-order valence-corrected chi connectivity index (χ2v) is 7.75. The van der Waals surface area contributed by atoms with Gasteiger partial charge in [0.2, 0.25) is 10.0 Å². The molecule has 0 unspecified atom stereocenters. The highest BCUT2D eigenvalue weighted by Crippen LogP contribution is 2.14. The SMILES string of the molecule is COC[C@H](C)NS(=O)(=O)c1ccc(C(=O)NCc2cccc(OC)c2)cc1. The average Bonchev–Trinajstić information content (AvgIpc) is 2.66. The van der Waals surface area contributed by atoms with Gasteiger partial charge in [0, 0.05) is 25.3 Å². The molecule has 0 fully saturated rings. The van der Waals surface area contributed by atoms with Crippen LogP contribution < -0.4 is 14.8 Å². The highest BCUT2D eigenvalue weighted by molar-refractivity contribution is 7.89. The van der Waals surface area contributed by atoms with Crippen LogP contribution in [0.2, 0.25) is 0 Å². The minimum absolute atomic E-state index is 0.0924. The smallest absolute Gasteiger partial charge is 0.251 e. The van der Waals surface area contributed by atoms with Crippen molar-refractivity contribution in [1.29, 1.82) is 0 Å². The van der Waals surface area contributed by atoms with Crippen molar-refractivity contribution in [3.63, 3.8) is 0 Å². The number of hydrogen-bond donors (Lipinski definition) is 2. The first kappa shape index (κ1) is 20.9. The second kappa shape index (κ2) is 9.50. The van der Waals surface area contributed by atoms with Crippen molar-refractivity contribution in [2.24, 2.45) is 0 Å². The molecule has 0 aromatic heterocycles. The maximum atomic E-state index is 12.3. The molecule has 7 nitrogen and oxygen atoms in total. The lowest BCUT2D eigenvalue weighted by atomic mass is 10.2. The van der Waals surface area contributed by atoms with E-state index < -0.39 is 10.0 Å². The first-order valence-electron chi connectivity index (χ1n) is 8.38. The molecule has 2 aromatic carbocycles. The molecule has 0 saturated carbocycles. The lowest BCUT2D eigenvalue weighted by Crippen LogP contribution is -2.35. The van der Waals surface area contributed by atoms with E-state index >= 15 is 0 Å². The number of benzene rings is 2. The fourth-order valence-corrected chi connectivity index (χ4v) is 3.70. The largest absolute Gasteiger partial charge is 0.497 e. The van der Waals surface area contributed by atoms with Crippen molar-refractivity contribution in [2.45, 2.75) is 24.4 Å². The molecule has 0 saturated heterocycles. The number of methoxy groups -OCH3 is 2. The Morgan fingerprint density at radius 1 is 1.11 bits per heavy atom. The van der Waals surface area contributed by atoms with Gasteiger partial charge in [-0.05, 0) is 48.9 Å². The van der Waals surface area contributed by atoms with E-state index in [1.807, 2.05) is 24.3 Å². The van der Waals surface area contributed by atoms with Crippen LogP contribution in [0.3, 0.4) is 0 Å². The molecular weight excluding hydrogens is 368 g/mol. The van der Waals surface area contributed by atoms with Gasteiger partial charge in [0.05, 0.1) is 18.6 Å². The van der Waals surface area contributed by atoms with Crippen molar-refractivity contribution in [2.75, 3.05) is 20.8 Å². The van der Waals surface area contributed by atoms with Gasteiger partial charge in [0.1, 0.15) is 5.75 Å². The van der Waals surface area contributed by atoms with Crippen LogP contribution in [0.25, 0.3) is 0 Å². The third-order valence-corrected chi connectivity index (χ3v) is 5.39. The quantitative estimate of drug-likeness (QED) is 0.680. The minimum Gasteiger partial charge on any atom is -0.497 e. The molecule has 0 aliphatic rings. The van der Waals surface area contributed by atoms with E-state index in [0.717, 1.165) is 5.56 Å². The molecule has 0 bridgehead atoms. The van der Waals surface area contributed by atoms with E-state index in [-0.39, 0.29) is 23.5 Å². The first-order valence-corrected chi connectivity index (χ1v) is 9.86. The predicted molar refractivity (Wildman–Crippen MR) is 102 cm³/mol. The van der Waals surface area contributed by atoms with Gasteiger partial charge in [-0.15, -0.1) is 0 Å². The van der Waals surface area contributed by atoms with E-state index in [1.54, 1.807) is 14.0 Å². The summed E-state index contributed by atoms with van der Waals surface area (Å²) in [5.41, 5.74) is 1.28. The molecule has 1 atom stereocenters. The zero-order valence-corrected chi connectivity index (χ0v) is 16.4. The van der Waals surface area contributed by atoms with Crippen molar-refractivity contribution in [3.8, 4) is 5.75 Å². The summed E-state index contributed by atoms with van der Waals surface area (Å²) in [5, 5.41) is 2.80. The highest BCUT2D eigenvalue weighted by atomic mass is 32.2. The van der Waals surface area contributed by atoms with Crippen molar-refractivity contribution >= 4 is 15.9 Å². The third kappa shape index (κ3) is 6.06. The van der Waals surface area contributed by atoms with Gasteiger partial charge in [-0.1, -0.05) is 12.1 Å². The van der Waals surface area contributed by atoms with E-state index in [9.17, 15) is 13.2 Å². The van der Waals surface area contributed by atoms with Gasteiger partial charge in [-0.25, -0.2) is 13.1 Å². The Morgan fingerprint density at radius 2 is 1.81 bits per heavy atom. The van der Waals surface area contributed by atoms with E-state index in [0.29, 0.717) is 17.9 Å². The molecule has 0 spiro atoms. The Balaban J connectivity index is 2.00. The predicted octanol–water partition coefficient (Wildman–Crippen LogP) is 1.94. The van der Waals surface area contributed by atoms with Gasteiger partial charge in [-0.3, -0.25) is 4.79 Å². The lowest BCUT2D eigenvalue weighted by molar-refractivity contribution is 0.0950. The topological polar surface area (TPSA) is 93.7 Å². The standard InChI is InChI=1S/C19H24N2O5S/c1-14(13-25-2)21-27(23,24)18-9-7-16(8-10-18)19(22)20-12-15-5-4-6-17(11-15)26-3/h4-11,14,21H,12-13H2,1-3H3,(H,20,22)/t14-/m0/s1. The summed E-state index contributed by atoms with van der Waals surface area (Å²) in [5.74, 6) is 0.425. The molecule has 1 amide bonds. The Morgan fingerprint density at radius 3 is 2.44 bits per heavy atom. The van der Waals surface area contributed by atoms with Crippen LogP contribution >= 0.6 is 0 Å². The molecule has 2 aromatic rings. The molecule has 0 aliphatic carbocycles. The highest BCUT2D eigenvalue weighted by Gasteiger charge is 2.17. The lowest BCUT2D eigenvalue weighted by Gasteiger charge is -2.13. The van der Waals surface area contributed by atoms with Crippen LogP contribution in [0.15, 0.2) is 53.4 Å². The van der Waals surface area contributed by atoms with Gasteiger partial charge < -0.3 is 14.8 Å². The minimum atomic E-state index is -3.66. The molecule has 146 valence electrons. The van der Waals surface area contributed by atoms with Crippen molar-refractivity contribution < 1.29 is 22.7 Å². The molecule has 8 heteroatoms. The molecule has 2 rings (SSSR count). The maximum Gasteiger partial charge on any atom is 0.251 e. The van der Waals surface area contributed by atoms with Crippen LogP contribution in [0.1, 0.15) is 22.8 Å². The van der Waals surface area contributed by atoms with Gasteiger partial charge in [0.15, 0.2) is 0 Å². The summed E-state index contributed by atoms with van der Waals surface area (Å²) in [6.45, 7) is 2.32. The molecule has 0 radical (unpaired) electrons. The number of amides is 1. The monoisotopic (exact) mass is 392 g/mol. The second-order valence-electron chi connectivity index (χ2n) is 6.04. The molecule has 0 heterocycles. The number of sulfonamides is 1. The van der Waals surface area contributed by atoms with Gasteiger partial charge in [-0.2, -0.15) is 0 Å². The summed E-state index contributed by atoms with van der Waals surface area (Å²) >= 11 is 0. The zero-order valence-electron chi connectivity index (χ0n) is 15.6. The Labute approximate surface area is 159 Å². The van der Waals surface area contributed by atoms with Crippen LogP contribution in [0.5, 0.6) is 5.75 Å². The molecular formula is C19H24N2O5S. The average molecular weight is 392 g/mol. The Hall–Kier alpha value is -2.42. The number of carbonyl (C=O) groups is 1. The van der Waals surface area contributed by atoms with E-state index in [2.05, 4.69) is 10.0 Å². The number of ether oxygens (including phenoxy) is 2. The number of nitrogens with one attached hydrogen (secondary N) is 2. The van der Waals surface area contributed by atoms with Crippen molar-refractivity contribution in [1.82, 2.24) is 10.0 Å². The van der Waals surface area contributed by atoms with Crippen LogP contribution in [0.4, 0.5) is 0 Å². The number of hydrogen-bond acceptors (Lipinski definition) is 5. The zero-order chi connectivity index (χ0) is 19.9. The maximum absolute atomic E-state index is 12.3. The Kier molecular flexibility index (Phi) is 7.35. The normalized spacial score (nSPS) is 12.4. The van der Waals surface area contributed by atoms with Crippen LogP contribution in [0, 0.1) is 0 Å². The summed E-state index contributed by atoms with van der Waals surface area (Å²) < 4.78 is 37.2. The summed E-state index contributed by atoms with van der Waals surface area (Å²) in [4.78, 5) is 12.4. The Bertz CT molecular complexity index is 866. The summed E-state index contributed by atoms with van der Waals surface area (Å²) in [7, 11) is -0.578. The fraction of sp³-hybridized carbons (Fsp3) is 0.316. The fourth-order valence-electron chi connectivity index (χ4n) is 2.47. The molecule has 2 N–H and O–H groups in total. The van der Waals surface area contributed by atoms with Crippen LogP contribution in [-0.2, 0) is 21.3 Å². The van der Waals surface area contributed by atoms with Gasteiger partial charge in [0.25, 0.3) is 5.91 Å². The van der Waals surface area contributed by atoms with E-state index in [1.165, 1.54) is 31.4 Å². The molecule has 0 aliphatic heterocycles.